The number of benzene rings is 2. The van der Waals surface area contributed by atoms with Crippen LogP contribution in [0.15, 0.2) is 85.5 Å². The Morgan fingerprint density at radius 1 is 0.469 bits per heavy atom. The third-order valence-corrected chi connectivity index (χ3v) is 5.32. The lowest BCUT2D eigenvalue weighted by Crippen LogP contribution is -2.30. The normalized spacial score (nSPS) is 10.5. The second-order valence-corrected chi connectivity index (χ2v) is 7.06. The minimum Gasteiger partial charge on any atom is -0.497 e. The van der Waals surface area contributed by atoms with Crippen molar-refractivity contribution in [1.29, 1.82) is 0 Å². The molecule has 0 radical (unpaired) electrons. The lowest BCUT2D eigenvalue weighted by atomic mass is 10.1. The molecule has 2 aromatic heterocycles. The van der Waals surface area contributed by atoms with Crippen molar-refractivity contribution in [1.82, 2.24) is 0 Å². The molecule has 6 heteroatoms. The number of rotatable bonds is 7. The maximum atomic E-state index is 5.52. The van der Waals surface area contributed by atoms with Gasteiger partial charge in [0.25, 0.3) is 11.4 Å². The molecule has 4 aromatic rings. The number of nitrogens with zero attached hydrogens (tertiary/aromatic N) is 2. The van der Waals surface area contributed by atoms with Crippen molar-refractivity contribution >= 4 is 0 Å². The summed E-state index contributed by atoms with van der Waals surface area (Å²) in [4.78, 5) is 0. The van der Waals surface area contributed by atoms with Crippen molar-refractivity contribution in [3.63, 3.8) is 0 Å². The molecule has 2 aromatic carbocycles. The van der Waals surface area contributed by atoms with Gasteiger partial charge in [0.05, 0.1) is 28.4 Å². The number of methoxy groups -OCH3 is 4. The van der Waals surface area contributed by atoms with E-state index in [2.05, 4.69) is 24.3 Å². The minimum absolute atomic E-state index is 0.747. The second kappa shape index (κ2) is 9.39. The van der Waals surface area contributed by atoms with Crippen LogP contribution in [-0.4, -0.2) is 28.4 Å². The summed E-state index contributed by atoms with van der Waals surface area (Å²) in [5, 5.41) is 0. The van der Waals surface area contributed by atoms with Crippen molar-refractivity contribution in [2.75, 3.05) is 28.4 Å². The highest BCUT2D eigenvalue weighted by molar-refractivity contribution is 5.61. The molecule has 0 aliphatic carbocycles. The van der Waals surface area contributed by atoms with E-state index in [1.54, 1.807) is 28.4 Å². The van der Waals surface area contributed by atoms with Gasteiger partial charge in [0.1, 0.15) is 11.5 Å². The van der Waals surface area contributed by atoms with Crippen molar-refractivity contribution < 1.29 is 28.1 Å². The number of hydrogen-bond donors (Lipinski definition) is 0. The van der Waals surface area contributed by atoms with E-state index in [9.17, 15) is 0 Å². The van der Waals surface area contributed by atoms with Gasteiger partial charge in [-0.15, -0.1) is 0 Å². The van der Waals surface area contributed by atoms with Gasteiger partial charge in [-0.05, 0) is 23.3 Å². The highest BCUT2D eigenvalue weighted by Crippen LogP contribution is 2.26. The first-order chi connectivity index (χ1) is 15.7. The molecule has 0 saturated carbocycles. The van der Waals surface area contributed by atoms with Gasteiger partial charge < -0.3 is 18.9 Å². The largest absolute Gasteiger partial charge is 0.497 e. The fourth-order valence-electron chi connectivity index (χ4n) is 3.56. The zero-order valence-corrected chi connectivity index (χ0v) is 18.6. The van der Waals surface area contributed by atoms with E-state index in [-0.39, 0.29) is 0 Å². The Morgan fingerprint density at radius 2 is 0.844 bits per heavy atom. The van der Waals surface area contributed by atoms with Gasteiger partial charge in [-0.3, -0.25) is 0 Å². The first kappa shape index (κ1) is 21.2. The molecular formula is C26H26N2O4+2. The Kier molecular flexibility index (Phi) is 6.22. The molecule has 0 fully saturated rings. The summed E-state index contributed by atoms with van der Waals surface area (Å²) in [6.45, 7) is 0. The van der Waals surface area contributed by atoms with E-state index in [4.69, 9.17) is 18.9 Å². The van der Waals surface area contributed by atoms with Crippen LogP contribution in [0.25, 0.3) is 22.5 Å². The first-order valence-electron chi connectivity index (χ1n) is 10.1. The van der Waals surface area contributed by atoms with Crippen LogP contribution in [-0.2, 0) is 0 Å². The molecule has 0 N–H and O–H groups in total. The van der Waals surface area contributed by atoms with E-state index in [1.807, 2.05) is 70.3 Å². The molecule has 6 nitrogen and oxygen atoms in total. The maximum absolute atomic E-state index is 5.52. The lowest BCUT2D eigenvalue weighted by molar-refractivity contribution is -0.596. The van der Waals surface area contributed by atoms with Gasteiger partial charge in [0.2, 0.25) is 0 Å². The smallest absolute Gasteiger partial charge is 0.253 e. The highest BCUT2D eigenvalue weighted by Gasteiger charge is 2.17. The third kappa shape index (κ3) is 4.21. The number of hydrogen-bond acceptors (Lipinski definition) is 4. The SMILES string of the molecule is COc1ccc(-[n+]2ccc(-c3cc[n+](-c4ccc(OC)cc4OC)cc3)cc2)c(OC)c1. The Bertz CT molecular complexity index is 1110. The van der Waals surface area contributed by atoms with E-state index in [0.717, 1.165) is 45.5 Å². The average Bonchev–Trinajstić information content (AvgIpc) is 2.88. The fraction of sp³-hybridized carbons (Fsp3) is 0.154. The van der Waals surface area contributed by atoms with Crippen LogP contribution >= 0.6 is 0 Å². The predicted molar refractivity (Wildman–Crippen MR) is 121 cm³/mol. The van der Waals surface area contributed by atoms with Crippen LogP contribution in [0.5, 0.6) is 23.0 Å². The van der Waals surface area contributed by atoms with Crippen LogP contribution in [0.3, 0.4) is 0 Å². The summed E-state index contributed by atoms with van der Waals surface area (Å²) in [5.74, 6) is 3.01. The molecule has 0 aliphatic rings. The van der Waals surface area contributed by atoms with Gasteiger partial charge in [0.15, 0.2) is 36.3 Å². The lowest BCUT2D eigenvalue weighted by Gasteiger charge is -2.07. The van der Waals surface area contributed by atoms with Crippen LogP contribution in [0.2, 0.25) is 0 Å². The summed E-state index contributed by atoms with van der Waals surface area (Å²) in [6.07, 6.45) is 8.08. The Labute approximate surface area is 187 Å². The summed E-state index contributed by atoms with van der Waals surface area (Å²) >= 11 is 0. The van der Waals surface area contributed by atoms with Gasteiger partial charge in [-0.25, -0.2) is 0 Å². The van der Waals surface area contributed by atoms with Crippen molar-refractivity contribution in [2.45, 2.75) is 0 Å². The van der Waals surface area contributed by atoms with E-state index in [1.165, 1.54) is 0 Å². The molecule has 0 atom stereocenters. The Morgan fingerprint density at radius 3 is 1.16 bits per heavy atom. The minimum atomic E-state index is 0.747. The van der Waals surface area contributed by atoms with Gasteiger partial charge in [0, 0.05) is 48.5 Å². The third-order valence-electron chi connectivity index (χ3n) is 5.32. The number of ether oxygens (including phenoxy) is 4. The van der Waals surface area contributed by atoms with Crippen LogP contribution in [0, 0.1) is 0 Å². The van der Waals surface area contributed by atoms with Crippen molar-refractivity contribution in [3.05, 3.63) is 85.5 Å². The van der Waals surface area contributed by atoms with Gasteiger partial charge in [-0.1, -0.05) is 0 Å². The molecule has 0 aliphatic heterocycles. The van der Waals surface area contributed by atoms with Crippen molar-refractivity contribution in [3.8, 4) is 45.5 Å². The van der Waals surface area contributed by atoms with E-state index < -0.39 is 0 Å². The molecular weight excluding hydrogens is 404 g/mol. The average molecular weight is 431 g/mol. The summed E-state index contributed by atoms with van der Waals surface area (Å²) < 4.78 is 25.7. The number of aromatic nitrogens is 2. The zero-order valence-electron chi connectivity index (χ0n) is 18.6. The molecule has 0 amide bonds. The Balaban J connectivity index is 1.60. The molecule has 0 saturated heterocycles. The van der Waals surface area contributed by atoms with Gasteiger partial charge in [-0.2, -0.15) is 9.13 Å². The molecule has 0 spiro atoms. The number of pyridine rings is 2. The zero-order chi connectivity index (χ0) is 22.5. The summed E-state index contributed by atoms with van der Waals surface area (Å²) in [6, 6.07) is 19.9. The van der Waals surface area contributed by atoms with Gasteiger partial charge >= 0.3 is 0 Å². The van der Waals surface area contributed by atoms with Crippen LogP contribution in [0.4, 0.5) is 0 Å². The first-order valence-corrected chi connectivity index (χ1v) is 10.1. The molecule has 4 rings (SSSR count). The molecule has 2 heterocycles. The standard InChI is InChI=1S/C26H26N2O4/c1-29-21-5-7-23(25(17-21)31-3)27-13-9-19(10-14-27)20-11-15-28(16-12-20)24-8-6-22(30-2)18-26(24)32-4/h5-18H,1-4H3/q+2. The molecule has 0 bridgehead atoms. The topological polar surface area (TPSA) is 44.7 Å². The van der Waals surface area contributed by atoms with Crippen LogP contribution < -0.4 is 28.1 Å². The summed E-state index contributed by atoms with van der Waals surface area (Å²) in [5.41, 5.74) is 4.11. The monoisotopic (exact) mass is 430 g/mol. The predicted octanol–water partition coefficient (Wildman–Crippen LogP) is 3.94. The van der Waals surface area contributed by atoms with Crippen LogP contribution in [0.1, 0.15) is 0 Å². The maximum Gasteiger partial charge on any atom is 0.253 e. The molecule has 32 heavy (non-hydrogen) atoms. The van der Waals surface area contributed by atoms with E-state index >= 15 is 0 Å². The molecule has 0 unspecified atom stereocenters. The van der Waals surface area contributed by atoms with E-state index in [0.29, 0.717) is 0 Å². The second-order valence-electron chi connectivity index (χ2n) is 7.06. The molecule has 162 valence electrons. The van der Waals surface area contributed by atoms with Crippen molar-refractivity contribution in [2.24, 2.45) is 0 Å². The fourth-order valence-corrected chi connectivity index (χ4v) is 3.56. The Hall–Kier alpha value is -4.06. The highest BCUT2D eigenvalue weighted by atomic mass is 16.5. The quantitative estimate of drug-likeness (QED) is 0.417. The summed E-state index contributed by atoms with van der Waals surface area (Å²) in [7, 11) is 6.60.